The van der Waals surface area contributed by atoms with Gasteiger partial charge in [0, 0.05) is 11.3 Å². The highest BCUT2D eigenvalue weighted by atomic mass is 32.2. The van der Waals surface area contributed by atoms with Crippen LogP contribution in [0.15, 0.2) is 28.3 Å². The van der Waals surface area contributed by atoms with E-state index in [2.05, 4.69) is 15.5 Å². The number of hydrogen-bond donors (Lipinski definition) is 1. The summed E-state index contributed by atoms with van der Waals surface area (Å²) in [6.07, 6.45) is 2.25. The fraction of sp³-hybridized carbons (Fsp3) is 0.333. The van der Waals surface area contributed by atoms with Gasteiger partial charge in [-0.05, 0) is 31.0 Å². The summed E-state index contributed by atoms with van der Waals surface area (Å²) < 4.78 is 26.6. The van der Waals surface area contributed by atoms with Gasteiger partial charge in [-0.1, -0.05) is 11.8 Å². The third-order valence-electron chi connectivity index (χ3n) is 2.72. The van der Waals surface area contributed by atoms with Crippen molar-refractivity contribution in [3.63, 3.8) is 0 Å². The normalized spacial score (nSPS) is 21.7. The summed E-state index contributed by atoms with van der Waals surface area (Å²) in [5, 5.41) is 4.83. The highest BCUT2D eigenvalue weighted by Gasteiger charge is 2.23. The smallest absolute Gasteiger partial charge is 0.177 e. The Bertz CT molecular complexity index is 538. The van der Waals surface area contributed by atoms with Gasteiger partial charge in [0.25, 0.3) is 0 Å². The second-order valence-electron chi connectivity index (χ2n) is 4.25. The lowest BCUT2D eigenvalue weighted by molar-refractivity contribution is 0.598. The molecule has 1 aromatic carbocycles. The highest BCUT2D eigenvalue weighted by Crippen LogP contribution is 2.26. The van der Waals surface area contributed by atoms with Gasteiger partial charge < -0.3 is 0 Å². The van der Waals surface area contributed by atoms with Crippen LogP contribution in [0.5, 0.6) is 0 Å². The van der Waals surface area contributed by atoms with Gasteiger partial charge in [0.15, 0.2) is 5.17 Å². The van der Waals surface area contributed by atoms with E-state index in [1.54, 1.807) is 0 Å². The SMILES string of the molecule is Fc1ccc(F)c(C2=NNC(=NC3CC3)SC2)c1. The summed E-state index contributed by atoms with van der Waals surface area (Å²) in [7, 11) is 0. The van der Waals surface area contributed by atoms with Gasteiger partial charge in [-0.15, -0.1) is 0 Å². The zero-order valence-corrected chi connectivity index (χ0v) is 10.3. The first-order valence-corrected chi connectivity index (χ1v) is 6.69. The molecular formula is C12H11F2N3S. The molecule has 1 N–H and O–H groups in total. The van der Waals surface area contributed by atoms with Gasteiger partial charge in [0.2, 0.25) is 0 Å². The Morgan fingerprint density at radius 3 is 2.83 bits per heavy atom. The van der Waals surface area contributed by atoms with Crippen LogP contribution < -0.4 is 5.43 Å². The molecule has 3 nitrogen and oxygen atoms in total. The molecule has 0 spiro atoms. The van der Waals surface area contributed by atoms with Gasteiger partial charge in [-0.2, -0.15) is 5.10 Å². The first kappa shape index (κ1) is 11.6. The molecule has 0 saturated heterocycles. The van der Waals surface area contributed by atoms with Crippen LogP contribution in [0.1, 0.15) is 18.4 Å². The molecule has 3 rings (SSSR count). The zero-order chi connectivity index (χ0) is 12.5. The summed E-state index contributed by atoms with van der Waals surface area (Å²) in [4.78, 5) is 4.41. The Morgan fingerprint density at radius 2 is 2.17 bits per heavy atom. The summed E-state index contributed by atoms with van der Waals surface area (Å²) in [5.41, 5.74) is 3.51. The van der Waals surface area contributed by atoms with E-state index in [0.29, 0.717) is 17.5 Å². The van der Waals surface area contributed by atoms with Gasteiger partial charge in [0.1, 0.15) is 11.6 Å². The van der Waals surface area contributed by atoms with E-state index in [4.69, 9.17) is 0 Å². The van der Waals surface area contributed by atoms with Gasteiger partial charge in [0.05, 0.1) is 11.8 Å². The molecule has 0 aromatic heterocycles. The maximum atomic E-state index is 13.6. The molecule has 1 aliphatic carbocycles. The Balaban J connectivity index is 1.81. The van der Waals surface area contributed by atoms with Crippen LogP contribution in [0.25, 0.3) is 0 Å². The van der Waals surface area contributed by atoms with Gasteiger partial charge in [-0.3, -0.25) is 10.4 Å². The third-order valence-corrected chi connectivity index (χ3v) is 3.61. The molecule has 0 atom stereocenters. The van der Waals surface area contributed by atoms with E-state index in [1.807, 2.05) is 0 Å². The van der Waals surface area contributed by atoms with Crippen molar-refractivity contribution >= 4 is 22.6 Å². The molecular weight excluding hydrogens is 256 g/mol. The standard InChI is InChI=1S/C12H11F2N3S/c13-7-1-4-10(14)9(5-7)11-6-18-12(17-16-11)15-8-2-3-8/h1,4-5,8H,2-3,6H2,(H,15,17). The lowest BCUT2D eigenvalue weighted by Gasteiger charge is -2.15. The Morgan fingerprint density at radius 1 is 1.33 bits per heavy atom. The van der Waals surface area contributed by atoms with Crippen molar-refractivity contribution in [1.82, 2.24) is 5.43 Å². The number of nitrogens with one attached hydrogen (secondary N) is 1. The minimum absolute atomic E-state index is 0.209. The molecule has 94 valence electrons. The van der Waals surface area contributed by atoms with Crippen LogP contribution >= 0.6 is 11.8 Å². The van der Waals surface area contributed by atoms with Crippen molar-refractivity contribution in [2.45, 2.75) is 18.9 Å². The molecule has 1 aromatic rings. The summed E-state index contributed by atoms with van der Waals surface area (Å²) in [6.45, 7) is 0. The van der Waals surface area contributed by atoms with Crippen molar-refractivity contribution in [2.24, 2.45) is 10.1 Å². The number of amidine groups is 1. The predicted molar refractivity (Wildman–Crippen MR) is 68.9 cm³/mol. The zero-order valence-electron chi connectivity index (χ0n) is 9.49. The van der Waals surface area contributed by atoms with Crippen molar-refractivity contribution in [3.8, 4) is 0 Å². The maximum Gasteiger partial charge on any atom is 0.177 e. The van der Waals surface area contributed by atoms with Gasteiger partial charge >= 0.3 is 0 Å². The van der Waals surface area contributed by atoms with Crippen LogP contribution in [-0.2, 0) is 0 Å². The Hall–Kier alpha value is -1.43. The first-order valence-electron chi connectivity index (χ1n) is 5.71. The van der Waals surface area contributed by atoms with Crippen molar-refractivity contribution in [3.05, 3.63) is 35.4 Å². The van der Waals surface area contributed by atoms with E-state index in [1.165, 1.54) is 17.8 Å². The van der Waals surface area contributed by atoms with Crippen LogP contribution in [0.2, 0.25) is 0 Å². The minimum Gasteiger partial charge on any atom is -0.258 e. The lowest BCUT2D eigenvalue weighted by Crippen LogP contribution is -2.26. The molecule has 1 saturated carbocycles. The summed E-state index contributed by atoms with van der Waals surface area (Å²) >= 11 is 1.47. The number of rotatable bonds is 2. The van der Waals surface area contributed by atoms with Crippen LogP contribution in [0.3, 0.4) is 0 Å². The van der Waals surface area contributed by atoms with E-state index in [-0.39, 0.29) is 5.56 Å². The molecule has 2 aliphatic rings. The number of benzene rings is 1. The maximum absolute atomic E-state index is 13.6. The van der Waals surface area contributed by atoms with Crippen LogP contribution in [0, 0.1) is 11.6 Å². The second-order valence-corrected chi connectivity index (χ2v) is 5.21. The van der Waals surface area contributed by atoms with Crippen molar-refractivity contribution in [1.29, 1.82) is 0 Å². The summed E-state index contributed by atoms with van der Waals surface area (Å²) in [5.74, 6) is -0.421. The number of halogens is 2. The number of hydrogen-bond acceptors (Lipinski definition) is 3. The molecule has 1 fully saturated rings. The monoisotopic (exact) mass is 267 g/mol. The third kappa shape index (κ3) is 2.53. The van der Waals surface area contributed by atoms with Crippen LogP contribution in [-0.4, -0.2) is 22.7 Å². The Kier molecular flexibility index (Phi) is 3.03. The summed E-state index contributed by atoms with van der Waals surface area (Å²) in [6, 6.07) is 3.80. The minimum atomic E-state index is -0.462. The van der Waals surface area contributed by atoms with Gasteiger partial charge in [-0.25, -0.2) is 8.78 Å². The van der Waals surface area contributed by atoms with E-state index < -0.39 is 11.6 Å². The predicted octanol–water partition coefficient (Wildman–Crippen LogP) is 2.52. The molecule has 6 heteroatoms. The fourth-order valence-electron chi connectivity index (χ4n) is 1.61. The van der Waals surface area contributed by atoms with Crippen molar-refractivity contribution < 1.29 is 8.78 Å². The molecule has 1 heterocycles. The lowest BCUT2D eigenvalue weighted by atomic mass is 10.1. The van der Waals surface area contributed by atoms with Crippen LogP contribution in [0.4, 0.5) is 8.78 Å². The first-order chi connectivity index (χ1) is 8.72. The second kappa shape index (κ2) is 4.68. The largest absolute Gasteiger partial charge is 0.258 e. The van der Waals surface area contributed by atoms with E-state index in [0.717, 1.165) is 30.1 Å². The average molecular weight is 267 g/mol. The number of nitrogens with zero attached hydrogens (tertiary/aromatic N) is 2. The molecule has 18 heavy (non-hydrogen) atoms. The number of thioether (sulfide) groups is 1. The van der Waals surface area contributed by atoms with Crippen molar-refractivity contribution in [2.75, 3.05) is 5.75 Å². The van der Waals surface area contributed by atoms with E-state index >= 15 is 0 Å². The molecule has 0 amide bonds. The molecule has 0 radical (unpaired) electrons. The molecule has 0 bridgehead atoms. The van der Waals surface area contributed by atoms with E-state index in [9.17, 15) is 8.78 Å². The molecule has 0 unspecified atom stereocenters. The number of hydrazone groups is 1. The average Bonchev–Trinajstić information content (AvgIpc) is 3.17. The highest BCUT2D eigenvalue weighted by molar-refractivity contribution is 8.14. The Labute approximate surface area is 107 Å². The quantitative estimate of drug-likeness (QED) is 0.894. The number of aliphatic imine (C=N–C) groups is 1. The fourth-order valence-corrected chi connectivity index (χ4v) is 2.44. The topological polar surface area (TPSA) is 36.8 Å². The molecule has 1 aliphatic heterocycles.